The van der Waals surface area contributed by atoms with Crippen LogP contribution in [0.4, 0.5) is 16.2 Å². The van der Waals surface area contributed by atoms with Crippen molar-refractivity contribution in [1.29, 1.82) is 0 Å². The maximum absolute atomic E-state index is 13.9. The van der Waals surface area contributed by atoms with Crippen molar-refractivity contribution in [3.63, 3.8) is 0 Å². The molecule has 1 atom stereocenters. The highest BCUT2D eigenvalue weighted by atomic mass is 16.6. The summed E-state index contributed by atoms with van der Waals surface area (Å²) in [6.45, 7) is 9.53. The Bertz CT molecular complexity index is 1920. The number of hydrogen-bond donors (Lipinski definition) is 3. The average Bonchev–Trinajstić information content (AvgIpc) is 3.73. The fourth-order valence-corrected chi connectivity index (χ4v) is 7.47. The van der Waals surface area contributed by atoms with Crippen molar-refractivity contribution >= 4 is 40.9 Å². The zero-order valence-electron chi connectivity index (χ0n) is 32.9. The summed E-state index contributed by atoms with van der Waals surface area (Å²) in [4.78, 5) is 57.1. The number of amides is 3. The molecule has 2 heterocycles. The Morgan fingerprint density at radius 1 is 0.821 bits per heavy atom. The number of amidine groups is 1. The van der Waals surface area contributed by atoms with Crippen LogP contribution in [0.25, 0.3) is 11.1 Å². The van der Waals surface area contributed by atoms with Gasteiger partial charge in [0.05, 0.1) is 0 Å². The van der Waals surface area contributed by atoms with Gasteiger partial charge in [0.2, 0.25) is 11.8 Å². The first-order valence-electron chi connectivity index (χ1n) is 19.8. The Balaban J connectivity index is 1.11. The van der Waals surface area contributed by atoms with Gasteiger partial charge in [0.25, 0.3) is 0 Å². The minimum absolute atomic E-state index is 0.0247. The molecule has 1 saturated heterocycles. The number of ketones is 1. The van der Waals surface area contributed by atoms with Crippen LogP contribution in [0.5, 0.6) is 0 Å². The van der Waals surface area contributed by atoms with Crippen LogP contribution in [-0.2, 0) is 30.3 Å². The van der Waals surface area contributed by atoms with Gasteiger partial charge in [0.15, 0.2) is 12.5 Å². The van der Waals surface area contributed by atoms with Crippen molar-refractivity contribution in [2.24, 2.45) is 38.9 Å². The van der Waals surface area contributed by atoms with Crippen LogP contribution in [0.1, 0.15) is 82.4 Å². The molecule has 296 valence electrons. The SMILES string of the molecule is Cc1ccc(-c2ccc(C[C@H](CC(=O)C3CCC(CNC(=O)OC(C)(C)C)CC3)C(=O)Nc3ccc(C4=NCN=N4)cc3)cc2)cc1NC(=O)C1CCOCC1. The van der Waals surface area contributed by atoms with Gasteiger partial charge in [-0.3, -0.25) is 14.4 Å². The molecule has 1 aliphatic carbocycles. The molecule has 56 heavy (non-hydrogen) atoms. The van der Waals surface area contributed by atoms with Crippen LogP contribution in [0.15, 0.2) is 82.0 Å². The molecule has 12 nitrogen and oxygen atoms in total. The number of hydrogen-bond acceptors (Lipinski definition) is 9. The van der Waals surface area contributed by atoms with E-state index in [2.05, 4.69) is 31.2 Å². The highest BCUT2D eigenvalue weighted by Gasteiger charge is 2.31. The largest absolute Gasteiger partial charge is 0.444 e. The number of aryl methyl sites for hydroxylation is 1. The molecule has 6 rings (SSSR count). The monoisotopic (exact) mass is 762 g/mol. The number of alkyl carbamates (subject to hydrolysis) is 1. The third-order valence-corrected chi connectivity index (χ3v) is 10.8. The lowest BCUT2D eigenvalue weighted by Gasteiger charge is -2.29. The van der Waals surface area contributed by atoms with Crippen molar-refractivity contribution in [3.05, 3.63) is 83.4 Å². The Kier molecular flexibility index (Phi) is 13.4. The lowest BCUT2D eigenvalue weighted by atomic mass is 9.77. The summed E-state index contributed by atoms with van der Waals surface area (Å²) in [5.74, 6) is -0.0282. The predicted octanol–water partition coefficient (Wildman–Crippen LogP) is 8.28. The van der Waals surface area contributed by atoms with Gasteiger partial charge in [-0.1, -0.05) is 36.4 Å². The van der Waals surface area contributed by atoms with Crippen LogP contribution in [0, 0.1) is 30.6 Å². The smallest absolute Gasteiger partial charge is 0.407 e. The van der Waals surface area contributed by atoms with E-state index in [1.165, 1.54) is 0 Å². The van der Waals surface area contributed by atoms with Gasteiger partial charge in [-0.2, -0.15) is 5.11 Å². The molecule has 3 aromatic rings. The van der Waals surface area contributed by atoms with Gasteiger partial charge in [0, 0.05) is 60.9 Å². The third-order valence-electron chi connectivity index (χ3n) is 10.8. The van der Waals surface area contributed by atoms with Gasteiger partial charge >= 0.3 is 6.09 Å². The first-order chi connectivity index (χ1) is 26.9. The summed E-state index contributed by atoms with van der Waals surface area (Å²) in [6.07, 6.45) is 4.63. The van der Waals surface area contributed by atoms with E-state index in [9.17, 15) is 19.2 Å². The summed E-state index contributed by atoms with van der Waals surface area (Å²) >= 11 is 0. The maximum atomic E-state index is 13.9. The molecule has 1 saturated carbocycles. The first-order valence-corrected chi connectivity index (χ1v) is 19.8. The number of anilines is 2. The van der Waals surface area contributed by atoms with Crippen LogP contribution >= 0.6 is 0 Å². The second-order valence-corrected chi connectivity index (χ2v) is 16.2. The van der Waals surface area contributed by atoms with Crippen LogP contribution < -0.4 is 16.0 Å². The Morgan fingerprint density at radius 3 is 2.16 bits per heavy atom. The summed E-state index contributed by atoms with van der Waals surface area (Å²) < 4.78 is 10.8. The van der Waals surface area contributed by atoms with Gasteiger partial charge in [-0.15, -0.1) is 5.11 Å². The lowest BCUT2D eigenvalue weighted by Crippen LogP contribution is -2.37. The average molecular weight is 763 g/mol. The van der Waals surface area contributed by atoms with Crippen LogP contribution in [-0.4, -0.2) is 61.6 Å². The molecule has 3 N–H and O–H groups in total. The topological polar surface area (TPSA) is 160 Å². The summed E-state index contributed by atoms with van der Waals surface area (Å²) in [6, 6.07) is 21.4. The maximum Gasteiger partial charge on any atom is 0.407 e. The fraction of sp³-hybridized carbons (Fsp3) is 0.477. The third kappa shape index (κ3) is 11.4. The second-order valence-electron chi connectivity index (χ2n) is 16.2. The second kappa shape index (κ2) is 18.6. The Hall–Kier alpha value is -5.23. The van der Waals surface area contributed by atoms with Gasteiger partial charge < -0.3 is 25.4 Å². The molecule has 2 aliphatic heterocycles. The molecule has 2 fully saturated rings. The minimum atomic E-state index is -0.584. The number of ether oxygens (including phenoxy) is 2. The van der Waals surface area contributed by atoms with E-state index in [-0.39, 0.29) is 41.8 Å². The van der Waals surface area contributed by atoms with E-state index in [1.807, 2.05) is 94.4 Å². The molecule has 3 aliphatic rings. The summed E-state index contributed by atoms with van der Waals surface area (Å²) in [5, 5.41) is 17.0. The highest BCUT2D eigenvalue weighted by Crippen LogP contribution is 2.32. The molecule has 0 unspecified atom stereocenters. The molecule has 0 spiro atoms. The molecule has 0 aromatic heterocycles. The van der Waals surface area contributed by atoms with E-state index < -0.39 is 17.6 Å². The normalized spacial score (nSPS) is 19.1. The number of rotatable bonds is 13. The predicted molar refractivity (Wildman–Crippen MR) is 217 cm³/mol. The molecule has 0 bridgehead atoms. The lowest BCUT2D eigenvalue weighted by molar-refractivity contribution is -0.129. The van der Waals surface area contributed by atoms with Crippen LogP contribution in [0.2, 0.25) is 0 Å². The number of Topliss-reactive ketones (excluding diaryl/α,β-unsaturated/α-hetero) is 1. The number of nitrogens with one attached hydrogen (secondary N) is 3. The molecular formula is C44H54N6O6. The Morgan fingerprint density at radius 2 is 1.50 bits per heavy atom. The minimum Gasteiger partial charge on any atom is -0.444 e. The van der Waals surface area contributed by atoms with E-state index in [4.69, 9.17) is 9.47 Å². The number of carbonyl (C=O) groups excluding carboxylic acids is 4. The summed E-state index contributed by atoms with van der Waals surface area (Å²) in [5.41, 5.74) is 5.56. The van der Waals surface area contributed by atoms with Crippen molar-refractivity contribution in [3.8, 4) is 11.1 Å². The number of benzene rings is 3. The van der Waals surface area contributed by atoms with Crippen LogP contribution in [0.3, 0.4) is 0 Å². The van der Waals surface area contributed by atoms with Gasteiger partial charge in [-0.25, -0.2) is 9.79 Å². The fourth-order valence-electron chi connectivity index (χ4n) is 7.47. The van der Waals surface area contributed by atoms with Crippen molar-refractivity contribution < 1.29 is 28.7 Å². The quantitative estimate of drug-likeness (QED) is 0.159. The zero-order valence-corrected chi connectivity index (χ0v) is 32.9. The molecule has 3 aromatic carbocycles. The number of aliphatic imine (C=N–C) groups is 1. The van der Waals surface area contributed by atoms with Crippen molar-refractivity contribution in [2.75, 3.05) is 37.1 Å². The zero-order chi connectivity index (χ0) is 39.7. The van der Waals surface area contributed by atoms with Gasteiger partial charge in [-0.05, 0) is 131 Å². The molecular weight excluding hydrogens is 709 g/mol. The number of nitrogens with zero attached hydrogens (tertiary/aromatic N) is 3. The van der Waals surface area contributed by atoms with E-state index in [0.29, 0.717) is 44.4 Å². The Labute approximate surface area is 329 Å². The molecule has 3 amide bonds. The van der Waals surface area contributed by atoms with E-state index in [1.54, 1.807) is 0 Å². The standard InChI is InChI=1S/C44H54N6O6/c1-28-5-10-35(24-38(28)49-41(52)34-19-21-55-22-20-34)31-11-6-29(7-12-31)23-36(42(53)48-37-17-15-33(16-18-37)40-46-27-47-50-40)25-39(51)32-13-8-30(9-14-32)26-45-43(54)56-44(2,3)4/h5-7,10-12,15-18,24,30,32,34,36H,8-9,13-14,19-23,25-27H2,1-4H3,(H,45,54)(H,48,53)(H,49,52)/t30?,32?,36-/m1/s1. The molecule has 12 heteroatoms. The van der Waals surface area contributed by atoms with Crippen molar-refractivity contribution in [1.82, 2.24) is 5.32 Å². The van der Waals surface area contributed by atoms with E-state index in [0.717, 1.165) is 72.0 Å². The summed E-state index contributed by atoms with van der Waals surface area (Å²) in [7, 11) is 0. The first kappa shape index (κ1) is 40.4. The van der Waals surface area contributed by atoms with Crippen molar-refractivity contribution in [2.45, 2.75) is 84.7 Å². The number of azo groups is 1. The molecule has 0 radical (unpaired) electrons. The van der Waals surface area contributed by atoms with E-state index >= 15 is 0 Å². The highest BCUT2D eigenvalue weighted by molar-refractivity contribution is 6.01. The number of carbonyl (C=O) groups is 4. The van der Waals surface area contributed by atoms with Gasteiger partial charge in [0.1, 0.15) is 11.4 Å².